The van der Waals surface area contributed by atoms with Crippen molar-refractivity contribution >= 4 is 12.4 Å². The number of carbonyl (C=O) groups excluding carboxylic acids is 2. The summed E-state index contributed by atoms with van der Waals surface area (Å²) in [4.78, 5) is 26.0. The molecule has 120 valence electrons. The second-order valence-electron chi connectivity index (χ2n) is 5.33. The van der Waals surface area contributed by atoms with Crippen molar-refractivity contribution in [3.8, 4) is 5.75 Å². The average molecular weight is 305 g/mol. The molecule has 1 aromatic carbocycles. The van der Waals surface area contributed by atoms with Gasteiger partial charge in [-0.1, -0.05) is 18.2 Å². The zero-order chi connectivity index (χ0) is 15.8. The highest BCUT2D eigenvalue weighted by Gasteiger charge is 2.19. The van der Waals surface area contributed by atoms with Crippen molar-refractivity contribution in [1.29, 1.82) is 0 Å². The van der Waals surface area contributed by atoms with E-state index in [9.17, 15) is 9.59 Å². The second-order valence-corrected chi connectivity index (χ2v) is 5.33. The number of hydrogen-bond donors (Lipinski definition) is 1. The molecule has 1 aliphatic rings. The number of para-hydroxylation sites is 1. The Hall–Kier alpha value is -2.24. The van der Waals surface area contributed by atoms with Crippen molar-refractivity contribution in [2.24, 2.45) is 0 Å². The second kappa shape index (κ2) is 8.26. The van der Waals surface area contributed by atoms with E-state index in [1.165, 1.54) is 0 Å². The molecule has 1 N–H and O–H groups in total. The summed E-state index contributed by atoms with van der Waals surface area (Å²) in [6.07, 6.45) is 1.59. The summed E-state index contributed by atoms with van der Waals surface area (Å²) in [5.74, 6) is 0.888. The number of benzene rings is 1. The molecule has 0 bridgehead atoms. The summed E-state index contributed by atoms with van der Waals surface area (Å²) < 4.78 is 5.68. The molecule has 2 rings (SSSR count). The molecule has 1 fully saturated rings. The molecule has 6 nitrogen and oxygen atoms in total. The van der Waals surface area contributed by atoms with Crippen LogP contribution in [0.3, 0.4) is 0 Å². The van der Waals surface area contributed by atoms with Gasteiger partial charge in [0.25, 0.3) is 0 Å². The molecule has 22 heavy (non-hydrogen) atoms. The van der Waals surface area contributed by atoms with Gasteiger partial charge in [0.15, 0.2) is 0 Å². The third-order valence-electron chi connectivity index (χ3n) is 3.70. The van der Waals surface area contributed by atoms with Gasteiger partial charge in [-0.15, -0.1) is 0 Å². The van der Waals surface area contributed by atoms with Crippen LogP contribution in [0.5, 0.6) is 5.75 Å². The minimum absolute atomic E-state index is 0.0681. The fourth-order valence-electron chi connectivity index (χ4n) is 2.31. The molecular formula is C16H23N3O3. The molecular weight excluding hydrogens is 282 g/mol. The van der Waals surface area contributed by atoms with Gasteiger partial charge in [-0.25, -0.2) is 4.79 Å². The van der Waals surface area contributed by atoms with E-state index in [0.717, 1.165) is 24.1 Å². The first-order chi connectivity index (χ1) is 10.7. The molecule has 6 heteroatoms. The van der Waals surface area contributed by atoms with Crippen molar-refractivity contribution in [1.82, 2.24) is 15.1 Å². The number of hydrogen-bond acceptors (Lipinski definition) is 3. The lowest BCUT2D eigenvalue weighted by molar-refractivity contribution is -0.119. The van der Waals surface area contributed by atoms with Crippen molar-refractivity contribution in [2.75, 3.05) is 39.3 Å². The van der Waals surface area contributed by atoms with Crippen LogP contribution in [0.4, 0.5) is 4.79 Å². The number of aryl methyl sites for hydroxylation is 1. The van der Waals surface area contributed by atoms with Gasteiger partial charge in [0, 0.05) is 32.7 Å². The highest BCUT2D eigenvalue weighted by atomic mass is 16.5. The molecule has 0 atom stereocenters. The average Bonchev–Trinajstić information content (AvgIpc) is 2.56. The number of nitrogens with zero attached hydrogens (tertiary/aromatic N) is 2. The van der Waals surface area contributed by atoms with E-state index < -0.39 is 0 Å². The van der Waals surface area contributed by atoms with Crippen molar-refractivity contribution < 1.29 is 14.3 Å². The predicted molar refractivity (Wildman–Crippen MR) is 83.9 cm³/mol. The van der Waals surface area contributed by atoms with Gasteiger partial charge in [-0.3, -0.25) is 4.79 Å². The molecule has 1 saturated heterocycles. The number of nitrogens with one attached hydrogen (secondary N) is 1. The van der Waals surface area contributed by atoms with Gasteiger partial charge < -0.3 is 19.9 Å². The van der Waals surface area contributed by atoms with E-state index >= 15 is 0 Å². The fraction of sp³-hybridized carbons (Fsp3) is 0.500. The highest BCUT2D eigenvalue weighted by Crippen LogP contribution is 2.15. The third kappa shape index (κ3) is 4.65. The molecule has 0 spiro atoms. The Morgan fingerprint density at radius 2 is 2.00 bits per heavy atom. The van der Waals surface area contributed by atoms with Gasteiger partial charge in [0.2, 0.25) is 6.41 Å². The lowest BCUT2D eigenvalue weighted by Crippen LogP contribution is -2.51. The van der Waals surface area contributed by atoms with Crippen molar-refractivity contribution in [2.45, 2.75) is 13.3 Å². The van der Waals surface area contributed by atoms with E-state index in [2.05, 4.69) is 5.32 Å². The molecule has 0 aromatic heterocycles. The summed E-state index contributed by atoms with van der Waals surface area (Å²) in [5, 5.41) is 2.89. The summed E-state index contributed by atoms with van der Waals surface area (Å²) in [5.41, 5.74) is 1.11. The van der Waals surface area contributed by atoms with Crippen LogP contribution < -0.4 is 10.1 Å². The summed E-state index contributed by atoms with van der Waals surface area (Å²) in [6.45, 7) is 5.55. The molecule has 1 aliphatic heterocycles. The molecule has 0 saturated carbocycles. The maximum atomic E-state index is 11.9. The predicted octanol–water partition coefficient (Wildman–Crippen LogP) is 1.25. The zero-order valence-electron chi connectivity index (χ0n) is 13.0. The monoisotopic (exact) mass is 305 g/mol. The lowest BCUT2D eigenvalue weighted by atomic mass is 10.2. The molecule has 1 aromatic rings. The first-order valence-electron chi connectivity index (χ1n) is 7.61. The maximum absolute atomic E-state index is 11.9. The number of ether oxygens (including phenoxy) is 1. The van der Waals surface area contributed by atoms with Crippen LogP contribution in [0.1, 0.15) is 12.0 Å². The van der Waals surface area contributed by atoms with Crippen LogP contribution in [0.15, 0.2) is 24.3 Å². The van der Waals surface area contributed by atoms with Crippen LogP contribution in [0.2, 0.25) is 0 Å². The Morgan fingerprint density at radius 3 is 2.68 bits per heavy atom. The van der Waals surface area contributed by atoms with Crippen LogP contribution in [-0.4, -0.2) is 61.6 Å². The fourth-order valence-corrected chi connectivity index (χ4v) is 2.31. The minimum atomic E-state index is -0.0681. The van der Waals surface area contributed by atoms with Gasteiger partial charge >= 0.3 is 6.03 Å². The quantitative estimate of drug-likeness (QED) is 0.635. The largest absolute Gasteiger partial charge is 0.493 e. The Balaban J connectivity index is 1.60. The molecule has 3 amide bonds. The van der Waals surface area contributed by atoms with E-state index in [0.29, 0.717) is 39.3 Å². The Kier molecular flexibility index (Phi) is 6.06. The lowest BCUT2D eigenvalue weighted by Gasteiger charge is -2.32. The van der Waals surface area contributed by atoms with E-state index in [1.54, 1.807) is 9.80 Å². The first kappa shape index (κ1) is 16.1. The minimum Gasteiger partial charge on any atom is -0.493 e. The molecule has 0 unspecified atom stereocenters. The molecule has 0 radical (unpaired) electrons. The van der Waals surface area contributed by atoms with Crippen molar-refractivity contribution in [3.63, 3.8) is 0 Å². The van der Waals surface area contributed by atoms with Gasteiger partial charge in [-0.2, -0.15) is 0 Å². The summed E-state index contributed by atoms with van der Waals surface area (Å²) >= 11 is 0. The normalized spacial score (nSPS) is 14.6. The summed E-state index contributed by atoms with van der Waals surface area (Å²) in [7, 11) is 0. The maximum Gasteiger partial charge on any atom is 0.317 e. The smallest absolute Gasteiger partial charge is 0.317 e. The van der Waals surface area contributed by atoms with E-state index in [-0.39, 0.29) is 6.03 Å². The van der Waals surface area contributed by atoms with Crippen molar-refractivity contribution in [3.05, 3.63) is 29.8 Å². The number of piperazine rings is 1. The molecule has 1 heterocycles. The zero-order valence-corrected chi connectivity index (χ0v) is 13.0. The Labute approximate surface area is 131 Å². The first-order valence-corrected chi connectivity index (χ1v) is 7.61. The standard InChI is InChI=1S/C16H23N3O3/c1-14-5-2-3-6-15(14)22-12-4-7-17-16(21)19-10-8-18(13-20)9-11-19/h2-3,5-6,13H,4,7-12H2,1H3,(H,17,21). The SMILES string of the molecule is Cc1ccccc1OCCCNC(=O)N1CCN(C=O)CC1. The highest BCUT2D eigenvalue weighted by molar-refractivity contribution is 5.74. The van der Waals surface area contributed by atoms with E-state index in [4.69, 9.17) is 4.74 Å². The number of rotatable bonds is 6. The number of amides is 3. The van der Waals surface area contributed by atoms with Gasteiger partial charge in [-0.05, 0) is 25.0 Å². The van der Waals surface area contributed by atoms with Crippen LogP contribution >= 0.6 is 0 Å². The number of carbonyl (C=O) groups is 2. The van der Waals surface area contributed by atoms with Crippen LogP contribution in [-0.2, 0) is 4.79 Å². The van der Waals surface area contributed by atoms with Crippen LogP contribution in [0, 0.1) is 6.92 Å². The number of urea groups is 1. The molecule has 0 aliphatic carbocycles. The van der Waals surface area contributed by atoms with E-state index in [1.807, 2.05) is 31.2 Å². The Bertz CT molecular complexity index is 499. The third-order valence-corrected chi connectivity index (χ3v) is 3.70. The van der Waals surface area contributed by atoms with Crippen LogP contribution in [0.25, 0.3) is 0 Å². The summed E-state index contributed by atoms with van der Waals surface area (Å²) in [6, 6.07) is 7.81. The Morgan fingerprint density at radius 1 is 1.27 bits per heavy atom. The topological polar surface area (TPSA) is 61.9 Å². The van der Waals surface area contributed by atoms with Gasteiger partial charge in [0.1, 0.15) is 5.75 Å². The van der Waals surface area contributed by atoms with Gasteiger partial charge in [0.05, 0.1) is 6.61 Å².